The van der Waals surface area contributed by atoms with Gasteiger partial charge in [0.15, 0.2) is 0 Å². The molecule has 0 unspecified atom stereocenters. The van der Waals surface area contributed by atoms with Crippen molar-refractivity contribution in [3.05, 3.63) is 23.8 Å². The zero-order valence-electron chi connectivity index (χ0n) is 13.0. The van der Waals surface area contributed by atoms with E-state index in [2.05, 4.69) is 5.32 Å². The summed E-state index contributed by atoms with van der Waals surface area (Å²) in [7, 11) is 3.24. The van der Waals surface area contributed by atoms with Crippen molar-refractivity contribution < 1.29 is 14.3 Å². The summed E-state index contributed by atoms with van der Waals surface area (Å²) in [6.07, 6.45) is 0.333. The van der Waals surface area contributed by atoms with Crippen molar-refractivity contribution >= 4 is 18.3 Å². The van der Waals surface area contributed by atoms with Crippen LogP contribution in [0, 0.1) is 11.8 Å². The summed E-state index contributed by atoms with van der Waals surface area (Å²) in [6, 6.07) is 5.61. The highest BCUT2D eigenvalue weighted by molar-refractivity contribution is 5.85. The fourth-order valence-electron chi connectivity index (χ4n) is 3.42. The average molecular weight is 327 g/mol. The van der Waals surface area contributed by atoms with Crippen LogP contribution in [-0.2, 0) is 11.2 Å². The lowest BCUT2D eigenvalue weighted by atomic mass is 10.0. The summed E-state index contributed by atoms with van der Waals surface area (Å²) in [5.41, 5.74) is 0.836. The predicted octanol–water partition coefficient (Wildman–Crippen LogP) is 1.35. The second kappa shape index (κ2) is 7.20. The summed E-state index contributed by atoms with van der Waals surface area (Å²) < 4.78 is 10.7. The van der Waals surface area contributed by atoms with Gasteiger partial charge in [-0.1, -0.05) is 6.07 Å². The molecule has 0 radical (unpaired) electrons. The van der Waals surface area contributed by atoms with E-state index in [1.807, 2.05) is 23.1 Å². The summed E-state index contributed by atoms with van der Waals surface area (Å²) in [5.74, 6) is 2.82. The first-order chi connectivity index (χ1) is 10.2. The second-order valence-electron chi connectivity index (χ2n) is 5.79. The van der Waals surface area contributed by atoms with E-state index >= 15 is 0 Å². The molecule has 2 atom stereocenters. The summed E-state index contributed by atoms with van der Waals surface area (Å²) in [6.45, 7) is 3.81. The number of rotatable bonds is 4. The molecule has 0 bridgehead atoms. The van der Waals surface area contributed by atoms with Crippen LogP contribution in [0.2, 0.25) is 0 Å². The summed E-state index contributed by atoms with van der Waals surface area (Å²) in [4.78, 5) is 14.6. The molecule has 3 rings (SSSR count). The van der Waals surface area contributed by atoms with Gasteiger partial charge in [-0.3, -0.25) is 4.79 Å². The van der Waals surface area contributed by atoms with E-state index in [9.17, 15) is 4.79 Å². The van der Waals surface area contributed by atoms with E-state index in [0.717, 1.165) is 31.7 Å². The van der Waals surface area contributed by atoms with Crippen LogP contribution in [0.5, 0.6) is 11.5 Å². The van der Waals surface area contributed by atoms with Gasteiger partial charge in [-0.15, -0.1) is 12.4 Å². The van der Waals surface area contributed by atoms with Crippen molar-refractivity contribution in [2.75, 3.05) is 40.4 Å². The van der Waals surface area contributed by atoms with Gasteiger partial charge in [0.25, 0.3) is 0 Å². The van der Waals surface area contributed by atoms with Gasteiger partial charge in [-0.05, 0) is 24.0 Å². The Kier molecular flexibility index (Phi) is 5.53. The Bertz CT molecular complexity index is 504. The number of fused-ring (bicyclic) bond motifs is 1. The lowest BCUT2D eigenvalue weighted by Crippen LogP contribution is -2.33. The first kappa shape index (κ1) is 16.9. The molecule has 1 amide bonds. The van der Waals surface area contributed by atoms with Gasteiger partial charge < -0.3 is 19.7 Å². The van der Waals surface area contributed by atoms with Gasteiger partial charge in [-0.25, -0.2) is 0 Å². The smallest absolute Gasteiger partial charge is 0.227 e. The van der Waals surface area contributed by atoms with Crippen LogP contribution in [0.1, 0.15) is 5.56 Å². The van der Waals surface area contributed by atoms with Crippen LogP contribution >= 0.6 is 12.4 Å². The molecular weight excluding hydrogens is 304 g/mol. The van der Waals surface area contributed by atoms with Crippen molar-refractivity contribution in [3.63, 3.8) is 0 Å². The SMILES string of the molecule is COc1cccc(OC)c1CC(=O)N1C[C@H]2CNC[C@H]2C1.Cl. The van der Waals surface area contributed by atoms with Gasteiger partial charge in [0.1, 0.15) is 11.5 Å². The second-order valence-corrected chi connectivity index (χ2v) is 5.79. The Balaban J connectivity index is 0.00000176. The van der Waals surface area contributed by atoms with E-state index < -0.39 is 0 Å². The third-order valence-electron chi connectivity index (χ3n) is 4.60. The maximum Gasteiger partial charge on any atom is 0.227 e. The number of hydrogen-bond acceptors (Lipinski definition) is 4. The van der Waals surface area contributed by atoms with Crippen LogP contribution in [-0.4, -0.2) is 51.2 Å². The van der Waals surface area contributed by atoms with Crippen LogP contribution in [0.15, 0.2) is 18.2 Å². The zero-order chi connectivity index (χ0) is 14.8. The minimum Gasteiger partial charge on any atom is -0.496 e. The fourth-order valence-corrected chi connectivity index (χ4v) is 3.42. The number of nitrogens with zero attached hydrogens (tertiary/aromatic N) is 1. The standard InChI is InChI=1S/C16H22N2O3.ClH/c1-20-14-4-3-5-15(21-2)13(14)6-16(19)18-9-11-7-17-8-12(11)10-18;/h3-5,11-12,17H,6-10H2,1-2H3;1H/t11-,12+;. The minimum atomic E-state index is 0. The summed E-state index contributed by atoms with van der Waals surface area (Å²) in [5, 5.41) is 3.39. The van der Waals surface area contributed by atoms with Crippen molar-refractivity contribution in [3.8, 4) is 11.5 Å². The molecule has 0 spiro atoms. The molecule has 122 valence electrons. The molecule has 2 aliphatic rings. The molecular formula is C16H23ClN2O3. The number of amides is 1. The number of ether oxygens (including phenoxy) is 2. The molecule has 1 aromatic rings. The number of likely N-dealkylation sites (tertiary alicyclic amines) is 1. The van der Waals surface area contributed by atoms with Crippen molar-refractivity contribution in [1.82, 2.24) is 10.2 Å². The molecule has 1 N–H and O–H groups in total. The van der Waals surface area contributed by atoms with E-state index in [4.69, 9.17) is 9.47 Å². The number of methoxy groups -OCH3 is 2. The Labute approximate surface area is 137 Å². The maximum atomic E-state index is 12.6. The summed E-state index contributed by atoms with van der Waals surface area (Å²) >= 11 is 0. The largest absolute Gasteiger partial charge is 0.496 e. The van der Waals surface area contributed by atoms with E-state index in [1.54, 1.807) is 14.2 Å². The molecule has 2 saturated heterocycles. The molecule has 6 heteroatoms. The first-order valence-electron chi connectivity index (χ1n) is 7.41. The highest BCUT2D eigenvalue weighted by atomic mass is 35.5. The van der Waals surface area contributed by atoms with Crippen molar-refractivity contribution in [2.45, 2.75) is 6.42 Å². The first-order valence-corrected chi connectivity index (χ1v) is 7.41. The monoisotopic (exact) mass is 326 g/mol. The molecule has 0 aromatic heterocycles. The molecule has 2 aliphatic heterocycles. The molecule has 22 heavy (non-hydrogen) atoms. The highest BCUT2D eigenvalue weighted by Gasteiger charge is 2.38. The highest BCUT2D eigenvalue weighted by Crippen LogP contribution is 2.31. The van der Waals surface area contributed by atoms with E-state index in [1.165, 1.54) is 0 Å². The van der Waals surface area contributed by atoms with Gasteiger partial charge in [-0.2, -0.15) is 0 Å². The van der Waals surface area contributed by atoms with Crippen LogP contribution in [0.4, 0.5) is 0 Å². The van der Waals surface area contributed by atoms with E-state index in [-0.39, 0.29) is 18.3 Å². The molecule has 5 nitrogen and oxygen atoms in total. The molecule has 0 aliphatic carbocycles. The molecule has 1 aromatic carbocycles. The molecule has 0 saturated carbocycles. The van der Waals surface area contributed by atoms with Crippen molar-refractivity contribution in [2.24, 2.45) is 11.8 Å². The third kappa shape index (κ3) is 3.15. The van der Waals surface area contributed by atoms with Gasteiger partial charge in [0, 0.05) is 31.7 Å². The van der Waals surface area contributed by atoms with Crippen LogP contribution in [0.3, 0.4) is 0 Å². The maximum absolute atomic E-state index is 12.6. The number of carbonyl (C=O) groups excluding carboxylic acids is 1. The van der Waals surface area contributed by atoms with Crippen molar-refractivity contribution in [1.29, 1.82) is 0 Å². The molecule has 2 fully saturated rings. The number of benzene rings is 1. The number of halogens is 1. The Morgan fingerprint density at radius 3 is 2.23 bits per heavy atom. The predicted molar refractivity (Wildman–Crippen MR) is 86.9 cm³/mol. The Hall–Kier alpha value is -1.46. The fraction of sp³-hybridized carbons (Fsp3) is 0.562. The van der Waals surface area contributed by atoms with Crippen LogP contribution < -0.4 is 14.8 Å². The number of hydrogen-bond donors (Lipinski definition) is 1. The number of nitrogens with one attached hydrogen (secondary N) is 1. The van der Waals surface area contributed by atoms with Gasteiger partial charge >= 0.3 is 0 Å². The Morgan fingerprint density at radius 2 is 1.73 bits per heavy atom. The topological polar surface area (TPSA) is 50.8 Å². The lowest BCUT2D eigenvalue weighted by Gasteiger charge is -2.19. The van der Waals surface area contributed by atoms with Gasteiger partial charge in [0.05, 0.1) is 20.6 Å². The molecule has 2 heterocycles. The van der Waals surface area contributed by atoms with Gasteiger partial charge in [0.2, 0.25) is 5.91 Å². The minimum absolute atomic E-state index is 0. The zero-order valence-corrected chi connectivity index (χ0v) is 13.8. The third-order valence-corrected chi connectivity index (χ3v) is 4.60. The lowest BCUT2D eigenvalue weighted by molar-refractivity contribution is -0.129. The van der Waals surface area contributed by atoms with E-state index in [0.29, 0.717) is 29.8 Å². The van der Waals surface area contributed by atoms with Crippen LogP contribution in [0.25, 0.3) is 0 Å². The average Bonchev–Trinajstić information content (AvgIpc) is 3.08. The Morgan fingerprint density at radius 1 is 1.18 bits per heavy atom. The normalized spacial score (nSPS) is 22.9. The quantitative estimate of drug-likeness (QED) is 0.907. The number of carbonyl (C=O) groups is 1.